The van der Waals surface area contributed by atoms with E-state index in [2.05, 4.69) is 15.1 Å². The van der Waals surface area contributed by atoms with Crippen LogP contribution in [0.15, 0.2) is 36.4 Å². The first kappa shape index (κ1) is 19.4. The van der Waals surface area contributed by atoms with Crippen LogP contribution in [-0.4, -0.2) is 66.7 Å². The van der Waals surface area contributed by atoms with Gasteiger partial charge in [-0.25, -0.2) is 0 Å². The van der Waals surface area contributed by atoms with E-state index >= 15 is 0 Å². The predicted octanol–water partition coefficient (Wildman–Crippen LogP) is 1.84. The summed E-state index contributed by atoms with van der Waals surface area (Å²) < 4.78 is 5.03. The molecule has 3 heterocycles. The Bertz CT molecular complexity index is 882. The van der Waals surface area contributed by atoms with Crippen LogP contribution in [0.25, 0.3) is 0 Å². The Kier molecular flexibility index (Phi) is 5.53. The number of piperazine rings is 1. The number of benzene rings is 1. The van der Waals surface area contributed by atoms with Gasteiger partial charge in [0.2, 0.25) is 17.7 Å². The summed E-state index contributed by atoms with van der Waals surface area (Å²) in [6.45, 7) is 2.95. The fourth-order valence-electron chi connectivity index (χ4n) is 3.75. The van der Waals surface area contributed by atoms with Gasteiger partial charge in [0.25, 0.3) is 0 Å². The predicted molar refractivity (Wildman–Crippen MR) is 109 cm³/mol. The Morgan fingerprint density at radius 2 is 1.79 bits per heavy atom. The normalized spacial score (nSPS) is 19.6. The van der Waals surface area contributed by atoms with E-state index in [1.165, 1.54) is 0 Å². The number of hydrogen-bond donors (Lipinski definition) is 0. The quantitative estimate of drug-likeness (QED) is 0.758. The molecule has 1 aromatic carbocycles. The molecule has 1 aromatic heterocycles. The van der Waals surface area contributed by atoms with Gasteiger partial charge < -0.3 is 19.4 Å². The number of methoxy groups -OCH3 is 1. The second-order valence-corrected chi connectivity index (χ2v) is 7.56. The third-order valence-corrected chi connectivity index (χ3v) is 5.62. The first-order valence-corrected chi connectivity index (χ1v) is 9.90. The fraction of sp³-hybridized carbons (Fsp3) is 0.400. The van der Waals surface area contributed by atoms with Crippen LogP contribution in [0.1, 0.15) is 6.42 Å². The Hall–Kier alpha value is -2.87. The van der Waals surface area contributed by atoms with Crippen molar-refractivity contribution in [2.75, 3.05) is 49.6 Å². The number of hydrogen-bond acceptors (Lipinski definition) is 6. The standard InChI is InChI=1S/C20H22ClN5O3/c1-29-18-7-6-17(22-23-18)24-8-10-25(11-9-24)20(28)14-12-19(27)26(13-14)16-4-2-15(21)3-5-16/h2-7,14H,8-13H2,1H3. The van der Waals surface area contributed by atoms with Crippen LogP contribution in [0.2, 0.25) is 5.02 Å². The Balaban J connectivity index is 1.34. The smallest absolute Gasteiger partial charge is 0.233 e. The molecule has 152 valence electrons. The van der Waals surface area contributed by atoms with Crippen molar-refractivity contribution in [3.05, 3.63) is 41.4 Å². The van der Waals surface area contributed by atoms with Gasteiger partial charge in [-0.05, 0) is 30.3 Å². The lowest BCUT2D eigenvalue weighted by Gasteiger charge is -2.36. The zero-order valence-electron chi connectivity index (χ0n) is 16.1. The number of amides is 2. The number of carbonyl (C=O) groups is 2. The van der Waals surface area contributed by atoms with Gasteiger partial charge in [-0.3, -0.25) is 9.59 Å². The van der Waals surface area contributed by atoms with E-state index in [-0.39, 0.29) is 24.2 Å². The second-order valence-electron chi connectivity index (χ2n) is 7.13. The molecule has 2 aliphatic rings. The van der Waals surface area contributed by atoms with Crippen molar-refractivity contribution in [2.24, 2.45) is 5.92 Å². The van der Waals surface area contributed by atoms with E-state index < -0.39 is 0 Å². The SMILES string of the molecule is COc1ccc(N2CCN(C(=O)C3CC(=O)N(c4ccc(Cl)cc4)C3)CC2)nn1. The fourth-order valence-corrected chi connectivity index (χ4v) is 3.87. The highest BCUT2D eigenvalue weighted by Crippen LogP contribution is 2.28. The minimum Gasteiger partial charge on any atom is -0.480 e. The number of anilines is 2. The Morgan fingerprint density at radius 1 is 1.07 bits per heavy atom. The molecule has 2 fully saturated rings. The highest BCUT2D eigenvalue weighted by atomic mass is 35.5. The number of rotatable bonds is 4. The molecular weight excluding hydrogens is 394 g/mol. The average Bonchev–Trinajstić information content (AvgIpc) is 3.15. The van der Waals surface area contributed by atoms with Crippen molar-refractivity contribution in [3.8, 4) is 5.88 Å². The Labute approximate surface area is 174 Å². The van der Waals surface area contributed by atoms with Crippen molar-refractivity contribution < 1.29 is 14.3 Å². The summed E-state index contributed by atoms with van der Waals surface area (Å²) in [6.07, 6.45) is 0.242. The first-order valence-electron chi connectivity index (χ1n) is 9.52. The molecule has 0 bridgehead atoms. The summed E-state index contributed by atoms with van der Waals surface area (Å²) in [4.78, 5) is 31.0. The zero-order valence-corrected chi connectivity index (χ0v) is 16.9. The molecule has 0 N–H and O–H groups in total. The highest BCUT2D eigenvalue weighted by molar-refractivity contribution is 6.30. The van der Waals surface area contributed by atoms with E-state index in [0.29, 0.717) is 43.6 Å². The molecule has 1 unspecified atom stereocenters. The molecule has 2 aliphatic heterocycles. The highest BCUT2D eigenvalue weighted by Gasteiger charge is 2.38. The molecule has 0 saturated carbocycles. The molecule has 0 radical (unpaired) electrons. The zero-order chi connectivity index (χ0) is 20.4. The van der Waals surface area contributed by atoms with Crippen molar-refractivity contribution in [1.29, 1.82) is 0 Å². The lowest BCUT2D eigenvalue weighted by atomic mass is 10.1. The topological polar surface area (TPSA) is 78.9 Å². The molecule has 2 amide bonds. The largest absolute Gasteiger partial charge is 0.480 e. The van der Waals surface area contributed by atoms with Gasteiger partial charge in [-0.2, -0.15) is 0 Å². The van der Waals surface area contributed by atoms with E-state index in [1.807, 2.05) is 23.1 Å². The summed E-state index contributed by atoms with van der Waals surface area (Å²) in [5, 5.41) is 8.78. The van der Waals surface area contributed by atoms with E-state index in [9.17, 15) is 9.59 Å². The monoisotopic (exact) mass is 415 g/mol. The molecular formula is C20H22ClN5O3. The van der Waals surface area contributed by atoms with Crippen LogP contribution in [-0.2, 0) is 9.59 Å². The number of nitrogens with zero attached hydrogens (tertiary/aromatic N) is 5. The minimum absolute atomic E-state index is 0.0298. The van der Waals surface area contributed by atoms with Crippen LogP contribution in [0, 0.1) is 5.92 Å². The van der Waals surface area contributed by atoms with Gasteiger partial charge >= 0.3 is 0 Å². The molecule has 29 heavy (non-hydrogen) atoms. The van der Waals surface area contributed by atoms with Crippen LogP contribution >= 0.6 is 11.6 Å². The number of carbonyl (C=O) groups excluding carboxylic acids is 2. The van der Waals surface area contributed by atoms with Gasteiger partial charge in [0, 0.05) is 55.9 Å². The first-order chi connectivity index (χ1) is 14.0. The molecule has 2 aromatic rings. The number of aromatic nitrogens is 2. The molecule has 1 atom stereocenters. The van der Waals surface area contributed by atoms with Gasteiger partial charge in [-0.1, -0.05) is 11.6 Å². The summed E-state index contributed by atoms with van der Waals surface area (Å²) in [5.74, 6) is 0.931. The van der Waals surface area contributed by atoms with E-state index in [4.69, 9.17) is 16.3 Å². The van der Waals surface area contributed by atoms with Gasteiger partial charge in [0.1, 0.15) is 0 Å². The Morgan fingerprint density at radius 3 is 2.41 bits per heavy atom. The third-order valence-electron chi connectivity index (χ3n) is 5.36. The molecule has 4 rings (SSSR count). The van der Waals surface area contributed by atoms with Crippen molar-refractivity contribution in [2.45, 2.75) is 6.42 Å². The summed E-state index contributed by atoms with van der Waals surface area (Å²) in [6, 6.07) is 10.8. The molecule has 0 aliphatic carbocycles. The summed E-state index contributed by atoms with van der Waals surface area (Å²) in [5.41, 5.74) is 0.776. The third kappa shape index (κ3) is 4.12. The number of ether oxygens (including phenoxy) is 1. The summed E-state index contributed by atoms with van der Waals surface area (Å²) >= 11 is 5.92. The van der Waals surface area contributed by atoms with Crippen molar-refractivity contribution >= 4 is 34.9 Å². The van der Waals surface area contributed by atoms with Crippen LogP contribution in [0.3, 0.4) is 0 Å². The molecule has 2 saturated heterocycles. The van der Waals surface area contributed by atoms with Gasteiger partial charge in [-0.15, -0.1) is 10.2 Å². The van der Waals surface area contributed by atoms with E-state index in [1.54, 1.807) is 30.2 Å². The molecule has 0 spiro atoms. The maximum atomic E-state index is 13.0. The summed E-state index contributed by atoms with van der Waals surface area (Å²) in [7, 11) is 1.55. The molecule has 8 nitrogen and oxygen atoms in total. The van der Waals surface area contributed by atoms with Gasteiger partial charge in [0.05, 0.1) is 13.0 Å². The van der Waals surface area contributed by atoms with Crippen LogP contribution in [0.4, 0.5) is 11.5 Å². The van der Waals surface area contributed by atoms with Gasteiger partial charge in [0.15, 0.2) is 5.82 Å². The second kappa shape index (κ2) is 8.24. The minimum atomic E-state index is -0.314. The van der Waals surface area contributed by atoms with E-state index in [0.717, 1.165) is 11.5 Å². The lowest BCUT2D eigenvalue weighted by molar-refractivity contribution is -0.136. The maximum Gasteiger partial charge on any atom is 0.233 e. The number of halogens is 1. The van der Waals surface area contributed by atoms with Crippen molar-refractivity contribution in [3.63, 3.8) is 0 Å². The maximum absolute atomic E-state index is 13.0. The van der Waals surface area contributed by atoms with Crippen LogP contribution in [0.5, 0.6) is 5.88 Å². The van der Waals surface area contributed by atoms with Crippen LogP contribution < -0.4 is 14.5 Å². The lowest BCUT2D eigenvalue weighted by Crippen LogP contribution is -2.51. The average molecular weight is 416 g/mol. The van der Waals surface area contributed by atoms with Crippen molar-refractivity contribution in [1.82, 2.24) is 15.1 Å². The molecule has 9 heteroatoms.